The van der Waals surface area contributed by atoms with Crippen LogP contribution in [0.2, 0.25) is 0 Å². The molecule has 1 aromatic carbocycles. The van der Waals surface area contributed by atoms with Crippen LogP contribution in [0, 0.1) is 0 Å². The standard InChI is InChI=1S/C20H21N5O2/c1-27-18-5-3-2-4-16(18)8-11-22-19-12-17(24-14-25-19)20(26)23-13-15-6-9-21-10-7-15/h2-7,9-10,12,14H,8,11,13H2,1H3,(H,23,26)(H,22,24,25). The number of hydrogen-bond acceptors (Lipinski definition) is 6. The van der Waals surface area contributed by atoms with E-state index in [1.807, 2.05) is 36.4 Å². The molecule has 138 valence electrons. The average Bonchev–Trinajstić information content (AvgIpc) is 2.73. The molecule has 0 bridgehead atoms. The van der Waals surface area contributed by atoms with E-state index in [4.69, 9.17) is 4.74 Å². The highest BCUT2D eigenvalue weighted by Crippen LogP contribution is 2.17. The van der Waals surface area contributed by atoms with Crippen LogP contribution in [0.1, 0.15) is 21.6 Å². The van der Waals surface area contributed by atoms with Crippen LogP contribution in [0.5, 0.6) is 5.75 Å². The SMILES string of the molecule is COc1ccccc1CCNc1cc(C(=O)NCc2ccncc2)ncn1. The van der Waals surface area contributed by atoms with Gasteiger partial charge in [-0.05, 0) is 35.7 Å². The molecule has 2 N–H and O–H groups in total. The molecular weight excluding hydrogens is 342 g/mol. The molecule has 3 aromatic rings. The number of para-hydroxylation sites is 1. The van der Waals surface area contributed by atoms with Crippen molar-refractivity contribution in [2.24, 2.45) is 0 Å². The van der Waals surface area contributed by atoms with Crippen LogP contribution in [0.3, 0.4) is 0 Å². The Kier molecular flexibility index (Phi) is 6.30. The van der Waals surface area contributed by atoms with Gasteiger partial charge in [-0.2, -0.15) is 0 Å². The monoisotopic (exact) mass is 363 g/mol. The molecule has 2 heterocycles. The van der Waals surface area contributed by atoms with Crippen molar-refractivity contribution in [3.8, 4) is 5.75 Å². The maximum atomic E-state index is 12.3. The van der Waals surface area contributed by atoms with E-state index in [0.717, 1.165) is 23.3 Å². The van der Waals surface area contributed by atoms with Crippen molar-refractivity contribution >= 4 is 11.7 Å². The summed E-state index contributed by atoms with van der Waals surface area (Å²) in [5.74, 6) is 1.22. The zero-order valence-corrected chi connectivity index (χ0v) is 15.1. The minimum atomic E-state index is -0.248. The zero-order valence-electron chi connectivity index (χ0n) is 15.1. The maximum absolute atomic E-state index is 12.3. The van der Waals surface area contributed by atoms with Gasteiger partial charge < -0.3 is 15.4 Å². The molecule has 0 aliphatic heterocycles. The Bertz CT molecular complexity index is 886. The predicted octanol–water partition coefficient (Wildman–Crippen LogP) is 2.46. The molecule has 0 fully saturated rings. The fourth-order valence-electron chi connectivity index (χ4n) is 2.59. The van der Waals surface area contributed by atoms with Gasteiger partial charge in [-0.15, -0.1) is 0 Å². The number of rotatable bonds is 8. The number of nitrogens with zero attached hydrogens (tertiary/aromatic N) is 3. The van der Waals surface area contributed by atoms with Crippen molar-refractivity contribution in [2.45, 2.75) is 13.0 Å². The second-order valence-electron chi connectivity index (χ2n) is 5.82. The highest BCUT2D eigenvalue weighted by Gasteiger charge is 2.09. The van der Waals surface area contributed by atoms with E-state index in [-0.39, 0.29) is 5.91 Å². The van der Waals surface area contributed by atoms with Crippen molar-refractivity contribution in [2.75, 3.05) is 19.0 Å². The number of carbonyl (C=O) groups is 1. The number of nitrogens with one attached hydrogen (secondary N) is 2. The normalized spacial score (nSPS) is 10.3. The molecule has 0 aliphatic carbocycles. The van der Waals surface area contributed by atoms with E-state index in [2.05, 4.69) is 25.6 Å². The lowest BCUT2D eigenvalue weighted by molar-refractivity contribution is 0.0946. The minimum absolute atomic E-state index is 0.248. The number of aromatic nitrogens is 3. The van der Waals surface area contributed by atoms with E-state index in [1.165, 1.54) is 6.33 Å². The number of amides is 1. The fourth-order valence-corrected chi connectivity index (χ4v) is 2.59. The van der Waals surface area contributed by atoms with Crippen LogP contribution in [-0.2, 0) is 13.0 Å². The van der Waals surface area contributed by atoms with Crippen LogP contribution in [0.4, 0.5) is 5.82 Å². The first-order chi connectivity index (χ1) is 13.3. The van der Waals surface area contributed by atoms with Crippen LogP contribution < -0.4 is 15.4 Å². The van der Waals surface area contributed by atoms with E-state index in [9.17, 15) is 4.79 Å². The summed E-state index contributed by atoms with van der Waals surface area (Å²) in [6.45, 7) is 1.08. The third-order valence-corrected chi connectivity index (χ3v) is 4.00. The lowest BCUT2D eigenvalue weighted by Gasteiger charge is -2.10. The molecule has 0 radical (unpaired) electrons. The van der Waals surface area contributed by atoms with Crippen molar-refractivity contribution < 1.29 is 9.53 Å². The summed E-state index contributed by atoms with van der Waals surface area (Å²) in [6.07, 6.45) is 5.54. The van der Waals surface area contributed by atoms with Gasteiger partial charge in [-0.25, -0.2) is 9.97 Å². The Morgan fingerprint density at radius 2 is 1.93 bits per heavy atom. The van der Waals surface area contributed by atoms with Gasteiger partial charge in [-0.1, -0.05) is 18.2 Å². The molecule has 0 saturated heterocycles. The smallest absolute Gasteiger partial charge is 0.270 e. The van der Waals surface area contributed by atoms with E-state index < -0.39 is 0 Å². The van der Waals surface area contributed by atoms with Crippen LogP contribution in [0.15, 0.2) is 61.2 Å². The van der Waals surface area contributed by atoms with Crippen molar-refractivity contribution in [1.82, 2.24) is 20.3 Å². The third-order valence-electron chi connectivity index (χ3n) is 4.00. The Morgan fingerprint density at radius 3 is 2.74 bits per heavy atom. The first-order valence-electron chi connectivity index (χ1n) is 8.61. The van der Waals surface area contributed by atoms with Crippen LogP contribution >= 0.6 is 0 Å². The van der Waals surface area contributed by atoms with Gasteiger partial charge in [0.2, 0.25) is 0 Å². The van der Waals surface area contributed by atoms with Crippen LogP contribution in [0.25, 0.3) is 0 Å². The van der Waals surface area contributed by atoms with E-state index >= 15 is 0 Å². The highest BCUT2D eigenvalue weighted by molar-refractivity contribution is 5.92. The molecule has 2 aromatic heterocycles. The zero-order chi connectivity index (χ0) is 18.9. The van der Waals surface area contributed by atoms with Crippen molar-refractivity contribution in [1.29, 1.82) is 0 Å². The molecule has 27 heavy (non-hydrogen) atoms. The van der Waals surface area contributed by atoms with Gasteiger partial charge in [0.25, 0.3) is 5.91 Å². The largest absolute Gasteiger partial charge is 0.496 e. The Labute approximate surface area is 157 Å². The number of carbonyl (C=O) groups excluding carboxylic acids is 1. The fraction of sp³-hybridized carbons (Fsp3) is 0.200. The van der Waals surface area contributed by atoms with Crippen molar-refractivity contribution in [3.05, 3.63) is 78.0 Å². The van der Waals surface area contributed by atoms with Gasteiger partial charge >= 0.3 is 0 Å². The Balaban J connectivity index is 1.54. The first-order valence-corrected chi connectivity index (χ1v) is 8.61. The summed E-state index contributed by atoms with van der Waals surface area (Å²) in [5, 5.41) is 6.06. The summed E-state index contributed by atoms with van der Waals surface area (Å²) >= 11 is 0. The first kappa shape index (κ1) is 18.3. The van der Waals surface area contributed by atoms with Gasteiger partial charge in [0.1, 0.15) is 23.6 Å². The number of benzene rings is 1. The Morgan fingerprint density at radius 1 is 1.11 bits per heavy atom. The number of anilines is 1. The van der Waals surface area contributed by atoms with E-state index in [1.54, 1.807) is 25.6 Å². The molecule has 7 heteroatoms. The summed E-state index contributed by atoms with van der Waals surface area (Å²) in [5.41, 5.74) is 2.40. The number of methoxy groups -OCH3 is 1. The molecule has 0 spiro atoms. The van der Waals surface area contributed by atoms with Crippen molar-refractivity contribution in [3.63, 3.8) is 0 Å². The number of hydrogen-bond donors (Lipinski definition) is 2. The van der Waals surface area contributed by atoms with E-state index in [0.29, 0.717) is 24.6 Å². The third kappa shape index (κ3) is 5.24. The summed E-state index contributed by atoms with van der Waals surface area (Å²) in [6, 6.07) is 13.2. The number of ether oxygens (including phenoxy) is 1. The van der Waals surface area contributed by atoms with Gasteiger partial charge in [0, 0.05) is 31.5 Å². The van der Waals surface area contributed by atoms with Crippen LogP contribution in [-0.4, -0.2) is 34.5 Å². The molecule has 0 saturated carbocycles. The summed E-state index contributed by atoms with van der Waals surface area (Å²) < 4.78 is 5.35. The molecule has 0 aliphatic rings. The molecular formula is C20H21N5O2. The summed E-state index contributed by atoms with van der Waals surface area (Å²) in [7, 11) is 1.66. The van der Waals surface area contributed by atoms with Gasteiger partial charge in [0.15, 0.2) is 0 Å². The molecule has 0 unspecified atom stereocenters. The van der Waals surface area contributed by atoms with Gasteiger partial charge in [-0.3, -0.25) is 9.78 Å². The maximum Gasteiger partial charge on any atom is 0.270 e. The molecule has 1 amide bonds. The molecule has 7 nitrogen and oxygen atoms in total. The topological polar surface area (TPSA) is 89.0 Å². The average molecular weight is 363 g/mol. The Hall–Kier alpha value is -3.48. The number of pyridine rings is 1. The molecule has 0 atom stereocenters. The second-order valence-corrected chi connectivity index (χ2v) is 5.82. The molecule has 3 rings (SSSR count). The quantitative estimate of drug-likeness (QED) is 0.639. The second kappa shape index (κ2) is 9.28. The lowest BCUT2D eigenvalue weighted by Crippen LogP contribution is -2.24. The summed E-state index contributed by atoms with van der Waals surface area (Å²) in [4.78, 5) is 24.5. The minimum Gasteiger partial charge on any atom is -0.496 e. The highest BCUT2D eigenvalue weighted by atomic mass is 16.5. The predicted molar refractivity (Wildman–Crippen MR) is 103 cm³/mol. The lowest BCUT2D eigenvalue weighted by atomic mass is 10.1. The van der Waals surface area contributed by atoms with Gasteiger partial charge in [0.05, 0.1) is 7.11 Å².